The van der Waals surface area contributed by atoms with E-state index in [1.807, 2.05) is 0 Å². The number of hydrogen-bond acceptors (Lipinski definition) is 3. The van der Waals surface area contributed by atoms with Gasteiger partial charge in [0.15, 0.2) is 0 Å². The van der Waals surface area contributed by atoms with Crippen molar-refractivity contribution in [2.75, 3.05) is 13.1 Å². The molecule has 0 bridgehead atoms. The monoisotopic (exact) mass is 206 g/mol. The minimum absolute atomic E-state index is 0.109. The molecule has 2 aliphatic rings. The van der Waals surface area contributed by atoms with Crippen LogP contribution in [-0.2, 0) is 0 Å². The Bertz CT molecular complexity index is 231. The number of aliphatic hydroxyl groups is 1. The van der Waals surface area contributed by atoms with E-state index in [2.05, 4.69) is 5.32 Å². The largest absolute Gasteiger partial charge is 0.388 e. The molecule has 1 aliphatic heterocycles. The van der Waals surface area contributed by atoms with Gasteiger partial charge >= 0.3 is 0 Å². The lowest BCUT2D eigenvalue weighted by atomic mass is 9.67. The fourth-order valence-corrected chi connectivity index (χ4v) is 2.25. The summed E-state index contributed by atoms with van der Waals surface area (Å²) in [5.74, 6) is -2.61. The fraction of sp³-hybridized carbons (Fsp3) is 1.00. The van der Waals surface area contributed by atoms with Crippen molar-refractivity contribution in [1.82, 2.24) is 5.32 Å². The first-order chi connectivity index (χ1) is 6.37. The van der Waals surface area contributed by atoms with Crippen LogP contribution in [0, 0.1) is 0 Å². The van der Waals surface area contributed by atoms with Gasteiger partial charge in [-0.15, -0.1) is 0 Å². The summed E-state index contributed by atoms with van der Waals surface area (Å²) in [6, 6.07) is 0. The van der Waals surface area contributed by atoms with Gasteiger partial charge in [0.05, 0.1) is 11.1 Å². The number of nitrogens with two attached hydrogens (primary N) is 1. The summed E-state index contributed by atoms with van der Waals surface area (Å²) in [6.07, 6.45) is -0.277. The molecule has 0 radical (unpaired) electrons. The molecule has 5 heteroatoms. The highest BCUT2D eigenvalue weighted by Crippen LogP contribution is 2.43. The topological polar surface area (TPSA) is 58.3 Å². The molecule has 0 unspecified atom stereocenters. The van der Waals surface area contributed by atoms with Crippen LogP contribution in [0.3, 0.4) is 0 Å². The number of halogens is 2. The van der Waals surface area contributed by atoms with E-state index in [-0.39, 0.29) is 25.7 Å². The Hall–Kier alpha value is -0.260. The van der Waals surface area contributed by atoms with Gasteiger partial charge in [0.2, 0.25) is 5.92 Å². The highest BCUT2D eigenvalue weighted by molar-refractivity contribution is 5.13. The molecule has 1 aliphatic carbocycles. The van der Waals surface area contributed by atoms with Crippen LogP contribution in [0.5, 0.6) is 0 Å². The van der Waals surface area contributed by atoms with E-state index >= 15 is 0 Å². The molecule has 0 aromatic carbocycles. The minimum atomic E-state index is -2.61. The van der Waals surface area contributed by atoms with Crippen LogP contribution in [0.25, 0.3) is 0 Å². The van der Waals surface area contributed by atoms with Gasteiger partial charge in [0.1, 0.15) is 0 Å². The Morgan fingerprint density at radius 2 is 1.57 bits per heavy atom. The van der Waals surface area contributed by atoms with Crippen LogP contribution in [0.4, 0.5) is 8.78 Å². The van der Waals surface area contributed by atoms with E-state index in [1.165, 1.54) is 0 Å². The van der Waals surface area contributed by atoms with Gasteiger partial charge in [0, 0.05) is 25.9 Å². The molecule has 1 saturated heterocycles. The van der Waals surface area contributed by atoms with Gasteiger partial charge in [-0.05, 0) is 12.8 Å². The Morgan fingerprint density at radius 1 is 1.07 bits per heavy atom. The Kier molecular flexibility index (Phi) is 2.10. The van der Waals surface area contributed by atoms with E-state index in [0.717, 1.165) is 0 Å². The lowest BCUT2D eigenvalue weighted by molar-refractivity contribution is -0.142. The van der Waals surface area contributed by atoms with Crippen molar-refractivity contribution in [3.05, 3.63) is 0 Å². The minimum Gasteiger partial charge on any atom is -0.388 e. The average Bonchev–Trinajstić information content (AvgIpc) is 2.07. The number of hydrogen-bond donors (Lipinski definition) is 3. The molecule has 2 fully saturated rings. The van der Waals surface area contributed by atoms with Crippen molar-refractivity contribution in [2.24, 2.45) is 5.73 Å². The molecular weight excluding hydrogens is 190 g/mol. The van der Waals surface area contributed by atoms with Gasteiger partial charge in [-0.1, -0.05) is 0 Å². The third kappa shape index (κ3) is 1.43. The molecule has 82 valence electrons. The summed E-state index contributed by atoms with van der Waals surface area (Å²) < 4.78 is 25.8. The standard InChI is InChI=1S/C9H16F2N2O/c10-9(11)3-1-8(14,2-4-9)7(12)5-13-6-7/h13-14H,1-6,12H2. The van der Waals surface area contributed by atoms with Gasteiger partial charge in [0.25, 0.3) is 0 Å². The second-order valence-corrected chi connectivity index (χ2v) is 4.65. The number of rotatable bonds is 1. The van der Waals surface area contributed by atoms with Gasteiger partial charge < -0.3 is 16.2 Å². The molecule has 0 aromatic heterocycles. The average molecular weight is 206 g/mol. The molecule has 14 heavy (non-hydrogen) atoms. The number of nitrogens with one attached hydrogen (secondary N) is 1. The predicted octanol–water partition coefficient (Wildman–Crippen LogP) is 0.227. The molecular formula is C9H16F2N2O. The number of alkyl halides is 2. The SMILES string of the molecule is NC1(C2(O)CCC(F)(F)CC2)CNC1. The lowest BCUT2D eigenvalue weighted by Gasteiger charge is -2.53. The van der Waals surface area contributed by atoms with Crippen molar-refractivity contribution < 1.29 is 13.9 Å². The zero-order valence-corrected chi connectivity index (χ0v) is 8.02. The van der Waals surface area contributed by atoms with Crippen molar-refractivity contribution in [3.63, 3.8) is 0 Å². The smallest absolute Gasteiger partial charge is 0.248 e. The summed E-state index contributed by atoms with van der Waals surface area (Å²) in [7, 11) is 0. The van der Waals surface area contributed by atoms with Crippen molar-refractivity contribution >= 4 is 0 Å². The van der Waals surface area contributed by atoms with Crippen molar-refractivity contribution in [3.8, 4) is 0 Å². The molecule has 0 spiro atoms. The second-order valence-electron chi connectivity index (χ2n) is 4.65. The van der Waals surface area contributed by atoms with Crippen LogP contribution in [-0.4, -0.2) is 35.3 Å². The molecule has 0 aromatic rings. The maximum atomic E-state index is 12.9. The summed E-state index contributed by atoms with van der Waals surface area (Å²) in [6.45, 7) is 1.05. The third-order valence-corrected chi connectivity index (χ3v) is 3.62. The first-order valence-electron chi connectivity index (χ1n) is 4.97. The molecule has 2 rings (SSSR count). The Labute approximate surface area is 81.7 Å². The molecule has 0 atom stereocenters. The second kappa shape index (κ2) is 2.87. The van der Waals surface area contributed by atoms with Crippen LogP contribution in [0.15, 0.2) is 0 Å². The maximum Gasteiger partial charge on any atom is 0.248 e. The first kappa shape index (κ1) is 10.3. The van der Waals surface area contributed by atoms with E-state index in [4.69, 9.17) is 5.73 Å². The van der Waals surface area contributed by atoms with Crippen molar-refractivity contribution in [2.45, 2.75) is 42.7 Å². The predicted molar refractivity (Wildman–Crippen MR) is 48.2 cm³/mol. The maximum absolute atomic E-state index is 12.9. The molecule has 3 nitrogen and oxygen atoms in total. The summed E-state index contributed by atoms with van der Waals surface area (Å²) in [5.41, 5.74) is 4.15. The Balaban J connectivity index is 2.05. The summed E-state index contributed by atoms with van der Waals surface area (Å²) in [5, 5.41) is 13.2. The van der Waals surface area contributed by atoms with E-state index in [0.29, 0.717) is 13.1 Å². The van der Waals surface area contributed by atoms with Gasteiger partial charge in [-0.2, -0.15) is 0 Å². The van der Waals surface area contributed by atoms with Crippen LogP contribution in [0.1, 0.15) is 25.7 Å². The quantitative estimate of drug-likeness (QED) is 0.575. The molecule has 4 N–H and O–H groups in total. The van der Waals surface area contributed by atoms with E-state index in [1.54, 1.807) is 0 Å². The van der Waals surface area contributed by atoms with Crippen LogP contribution >= 0.6 is 0 Å². The van der Waals surface area contributed by atoms with E-state index in [9.17, 15) is 13.9 Å². The third-order valence-electron chi connectivity index (χ3n) is 3.62. The van der Waals surface area contributed by atoms with Crippen molar-refractivity contribution in [1.29, 1.82) is 0 Å². The summed E-state index contributed by atoms with van der Waals surface area (Å²) in [4.78, 5) is 0. The zero-order valence-electron chi connectivity index (χ0n) is 8.02. The van der Waals surface area contributed by atoms with E-state index < -0.39 is 17.1 Å². The summed E-state index contributed by atoms with van der Waals surface area (Å²) >= 11 is 0. The Morgan fingerprint density at radius 3 is 1.93 bits per heavy atom. The van der Waals surface area contributed by atoms with Crippen LogP contribution < -0.4 is 11.1 Å². The molecule has 0 amide bonds. The molecule has 1 heterocycles. The molecule has 1 saturated carbocycles. The first-order valence-corrected chi connectivity index (χ1v) is 4.97. The normalized spacial score (nSPS) is 33.4. The zero-order chi connectivity index (χ0) is 10.4. The highest BCUT2D eigenvalue weighted by atomic mass is 19.3. The lowest BCUT2D eigenvalue weighted by Crippen LogP contribution is -2.77. The van der Waals surface area contributed by atoms with Gasteiger partial charge in [-0.3, -0.25) is 0 Å². The fourth-order valence-electron chi connectivity index (χ4n) is 2.25. The van der Waals surface area contributed by atoms with Gasteiger partial charge in [-0.25, -0.2) is 8.78 Å². The van der Waals surface area contributed by atoms with Crippen LogP contribution in [0.2, 0.25) is 0 Å². The highest BCUT2D eigenvalue weighted by Gasteiger charge is 2.55.